The van der Waals surface area contributed by atoms with Gasteiger partial charge in [-0.2, -0.15) is 0 Å². The summed E-state index contributed by atoms with van der Waals surface area (Å²) in [5, 5.41) is 0. The first kappa shape index (κ1) is 10.6. The van der Waals surface area contributed by atoms with Crippen LogP contribution >= 0.6 is 0 Å². The van der Waals surface area contributed by atoms with Gasteiger partial charge in [0.15, 0.2) is 0 Å². The van der Waals surface area contributed by atoms with Gasteiger partial charge in [0.1, 0.15) is 0 Å². The molecule has 1 atom stereocenters. The van der Waals surface area contributed by atoms with Crippen molar-refractivity contribution in [2.24, 2.45) is 5.92 Å². The van der Waals surface area contributed by atoms with Crippen molar-refractivity contribution in [2.75, 3.05) is 0 Å². The van der Waals surface area contributed by atoms with Crippen molar-refractivity contribution in [3.05, 3.63) is 35.4 Å². The van der Waals surface area contributed by atoms with Gasteiger partial charge in [0.05, 0.1) is 5.41 Å². The number of halogens is 2. The van der Waals surface area contributed by atoms with Gasteiger partial charge in [0.2, 0.25) is 0 Å². The molecule has 0 aliphatic heterocycles. The second-order valence-electron chi connectivity index (χ2n) is 4.88. The first-order valence-corrected chi connectivity index (χ1v) is 5.35. The third kappa shape index (κ3) is 1.38. The first-order valence-electron chi connectivity index (χ1n) is 5.35. The fourth-order valence-corrected chi connectivity index (χ4v) is 2.50. The summed E-state index contributed by atoms with van der Waals surface area (Å²) in [6.07, 6.45) is 0.00111. The molecule has 1 fully saturated rings. The molecule has 0 N–H and O–H groups in total. The molecule has 0 spiro atoms. The van der Waals surface area contributed by atoms with Crippen LogP contribution in [0.1, 0.15) is 31.4 Å². The van der Waals surface area contributed by atoms with Gasteiger partial charge in [-0.05, 0) is 18.4 Å². The number of hydrogen-bond acceptors (Lipinski definition) is 0. The Balaban J connectivity index is 2.45. The summed E-state index contributed by atoms with van der Waals surface area (Å²) in [6.45, 7) is 5.70. The highest BCUT2D eigenvalue weighted by Gasteiger charge is 2.72. The van der Waals surface area contributed by atoms with Crippen LogP contribution in [0.15, 0.2) is 24.3 Å². The fourth-order valence-electron chi connectivity index (χ4n) is 2.50. The van der Waals surface area contributed by atoms with Gasteiger partial charge < -0.3 is 0 Å². The molecular formula is C13H16F2. The number of alkyl halides is 2. The minimum Gasteiger partial charge on any atom is -0.206 e. The Hall–Kier alpha value is -0.920. The van der Waals surface area contributed by atoms with Crippen LogP contribution in [-0.2, 0) is 5.41 Å². The Morgan fingerprint density at radius 3 is 2.27 bits per heavy atom. The molecule has 0 radical (unpaired) electrons. The van der Waals surface area contributed by atoms with Crippen LogP contribution in [0.5, 0.6) is 0 Å². The Kier molecular flexibility index (Phi) is 2.14. The minimum absolute atomic E-state index is 0.00111. The monoisotopic (exact) mass is 210 g/mol. The molecule has 0 saturated heterocycles. The van der Waals surface area contributed by atoms with E-state index < -0.39 is 11.3 Å². The smallest absolute Gasteiger partial charge is 0.206 e. The van der Waals surface area contributed by atoms with Crippen LogP contribution in [0.25, 0.3) is 0 Å². The van der Waals surface area contributed by atoms with Crippen LogP contribution in [0.2, 0.25) is 0 Å². The average Bonchev–Trinajstić information content (AvgIpc) is 2.71. The molecule has 15 heavy (non-hydrogen) atoms. The molecule has 1 aromatic carbocycles. The number of aryl methyl sites for hydroxylation is 1. The van der Waals surface area contributed by atoms with Crippen molar-refractivity contribution < 1.29 is 8.78 Å². The quantitative estimate of drug-likeness (QED) is 0.693. The maximum absolute atomic E-state index is 13.5. The number of hydrogen-bond donors (Lipinski definition) is 0. The van der Waals surface area contributed by atoms with Gasteiger partial charge in [0, 0.05) is 6.42 Å². The van der Waals surface area contributed by atoms with Crippen LogP contribution in [0.3, 0.4) is 0 Å². The molecule has 2 heteroatoms. The molecule has 0 aromatic heterocycles. The summed E-state index contributed by atoms with van der Waals surface area (Å²) in [7, 11) is 0. The lowest BCUT2D eigenvalue weighted by Crippen LogP contribution is -2.23. The van der Waals surface area contributed by atoms with E-state index in [9.17, 15) is 8.78 Å². The van der Waals surface area contributed by atoms with E-state index in [0.717, 1.165) is 11.1 Å². The molecule has 1 saturated carbocycles. The zero-order valence-corrected chi connectivity index (χ0v) is 9.35. The van der Waals surface area contributed by atoms with E-state index >= 15 is 0 Å². The van der Waals surface area contributed by atoms with Crippen molar-refractivity contribution in [1.82, 2.24) is 0 Å². The summed E-state index contributed by atoms with van der Waals surface area (Å²) in [4.78, 5) is 0. The summed E-state index contributed by atoms with van der Waals surface area (Å²) in [6, 6.07) is 7.52. The Bertz CT molecular complexity index is 382. The van der Waals surface area contributed by atoms with E-state index in [0.29, 0.717) is 0 Å². The van der Waals surface area contributed by atoms with Crippen molar-refractivity contribution >= 4 is 0 Å². The van der Waals surface area contributed by atoms with Crippen molar-refractivity contribution in [3.63, 3.8) is 0 Å². The Labute approximate surface area is 89.3 Å². The van der Waals surface area contributed by atoms with Gasteiger partial charge in [-0.3, -0.25) is 0 Å². The van der Waals surface area contributed by atoms with Crippen molar-refractivity contribution in [1.29, 1.82) is 0 Å². The molecule has 0 bridgehead atoms. The van der Waals surface area contributed by atoms with Crippen molar-refractivity contribution in [3.8, 4) is 0 Å². The SMILES string of the molecule is Cc1cccc(C2(C(C)C)CC2(F)F)c1. The zero-order valence-electron chi connectivity index (χ0n) is 9.35. The van der Waals surface area contributed by atoms with Crippen LogP contribution < -0.4 is 0 Å². The third-order valence-corrected chi connectivity index (χ3v) is 3.55. The first-order chi connectivity index (χ1) is 6.90. The maximum Gasteiger partial charge on any atom is 0.259 e. The van der Waals surface area contributed by atoms with Crippen LogP contribution in [0.4, 0.5) is 8.78 Å². The summed E-state index contributed by atoms with van der Waals surface area (Å²) < 4.78 is 27.0. The van der Waals surface area contributed by atoms with E-state index in [1.807, 2.05) is 45.0 Å². The molecule has 1 aliphatic rings. The largest absolute Gasteiger partial charge is 0.259 e. The van der Waals surface area contributed by atoms with E-state index in [1.165, 1.54) is 0 Å². The van der Waals surface area contributed by atoms with Crippen LogP contribution in [-0.4, -0.2) is 5.92 Å². The van der Waals surface area contributed by atoms with Gasteiger partial charge >= 0.3 is 0 Å². The standard InChI is InChI=1S/C13H16F2/c1-9(2)12(8-13(12,14)15)11-6-4-5-10(3)7-11/h4-7,9H,8H2,1-3H3. The fraction of sp³-hybridized carbons (Fsp3) is 0.538. The van der Waals surface area contributed by atoms with Crippen molar-refractivity contribution in [2.45, 2.75) is 38.5 Å². The molecule has 0 heterocycles. The van der Waals surface area contributed by atoms with E-state index in [-0.39, 0.29) is 12.3 Å². The maximum atomic E-state index is 13.5. The topological polar surface area (TPSA) is 0 Å². The molecule has 1 unspecified atom stereocenters. The van der Waals surface area contributed by atoms with E-state index in [1.54, 1.807) is 0 Å². The normalized spacial score (nSPS) is 28.1. The second kappa shape index (κ2) is 3.03. The van der Waals surface area contributed by atoms with E-state index in [2.05, 4.69) is 0 Å². The summed E-state index contributed by atoms with van der Waals surface area (Å²) in [5.74, 6) is -2.54. The van der Waals surface area contributed by atoms with E-state index in [4.69, 9.17) is 0 Å². The molecule has 1 aliphatic carbocycles. The Morgan fingerprint density at radius 1 is 1.27 bits per heavy atom. The zero-order chi connectivity index (χ0) is 11.3. The third-order valence-electron chi connectivity index (χ3n) is 3.55. The molecule has 1 aromatic rings. The lowest BCUT2D eigenvalue weighted by atomic mass is 9.84. The molecule has 82 valence electrons. The van der Waals surface area contributed by atoms with Gasteiger partial charge in [0.25, 0.3) is 5.92 Å². The minimum atomic E-state index is -2.52. The second-order valence-corrected chi connectivity index (χ2v) is 4.88. The molecule has 2 rings (SSSR count). The summed E-state index contributed by atoms with van der Waals surface area (Å²) >= 11 is 0. The van der Waals surface area contributed by atoms with Gasteiger partial charge in [-0.15, -0.1) is 0 Å². The number of benzene rings is 1. The highest BCUT2D eigenvalue weighted by molar-refractivity contribution is 5.40. The highest BCUT2D eigenvalue weighted by Crippen LogP contribution is 2.65. The van der Waals surface area contributed by atoms with Gasteiger partial charge in [-0.25, -0.2) is 8.78 Å². The molecule has 0 nitrogen and oxygen atoms in total. The Morgan fingerprint density at radius 2 is 1.87 bits per heavy atom. The predicted molar refractivity (Wildman–Crippen MR) is 57.3 cm³/mol. The average molecular weight is 210 g/mol. The summed E-state index contributed by atoms with van der Waals surface area (Å²) in [5.41, 5.74) is 0.941. The lowest BCUT2D eigenvalue weighted by molar-refractivity contribution is 0.0748. The highest BCUT2D eigenvalue weighted by atomic mass is 19.3. The van der Waals surface area contributed by atoms with Gasteiger partial charge in [-0.1, -0.05) is 43.7 Å². The number of rotatable bonds is 2. The molecule has 0 amide bonds. The predicted octanol–water partition coefficient (Wildman–Crippen LogP) is 3.93. The molecular weight excluding hydrogens is 194 g/mol. The lowest BCUT2D eigenvalue weighted by Gasteiger charge is -2.21. The van der Waals surface area contributed by atoms with Crippen LogP contribution in [0, 0.1) is 12.8 Å².